The Labute approximate surface area is 159 Å². The van der Waals surface area contributed by atoms with Crippen LogP contribution >= 0.6 is 0 Å². The second-order valence-corrected chi connectivity index (χ2v) is 6.68. The lowest BCUT2D eigenvalue weighted by molar-refractivity contribution is -0.128. The van der Waals surface area contributed by atoms with Gasteiger partial charge in [0.05, 0.1) is 0 Å². The third-order valence-electron chi connectivity index (χ3n) is 4.55. The molecule has 0 aromatic heterocycles. The first-order valence-corrected chi connectivity index (χ1v) is 9.05. The summed E-state index contributed by atoms with van der Waals surface area (Å²) in [5, 5.41) is 2.82. The molecule has 1 N–H and O–H groups in total. The van der Waals surface area contributed by atoms with E-state index in [-0.39, 0.29) is 18.4 Å². The Hall–Kier alpha value is -3.08. The van der Waals surface area contributed by atoms with Gasteiger partial charge in [0.1, 0.15) is 5.75 Å². The minimum atomic E-state index is -0.191. The molecule has 1 aliphatic rings. The van der Waals surface area contributed by atoms with Crippen molar-refractivity contribution in [2.45, 2.75) is 20.3 Å². The van der Waals surface area contributed by atoms with Crippen LogP contribution in [-0.4, -0.2) is 36.4 Å². The van der Waals surface area contributed by atoms with Gasteiger partial charge in [-0.05, 0) is 54.3 Å². The van der Waals surface area contributed by atoms with Crippen LogP contribution in [0.4, 0.5) is 5.69 Å². The predicted octanol–water partition coefficient (Wildman–Crippen LogP) is 3.65. The van der Waals surface area contributed by atoms with Gasteiger partial charge < -0.3 is 15.0 Å². The van der Waals surface area contributed by atoms with Crippen molar-refractivity contribution in [1.82, 2.24) is 4.90 Å². The normalized spacial score (nSPS) is 13.7. The zero-order valence-electron chi connectivity index (χ0n) is 15.7. The number of ether oxygens (including phenoxy) is 1. The van der Waals surface area contributed by atoms with Crippen LogP contribution in [0.25, 0.3) is 5.57 Å². The number of anilines is 1. The first-order valence-electron chi connectivity index (χ1n) is 9.05. The van der Waals surface area contributed by atoms with Crippen LogP contribution in [0.15, 0.2) is 54.6 Å². The molecule has 1 heterocycles. The number of hydrogen-bond acceptors (Lipinski definition) is 3. The molecular formula is C22H24N2O3. The minimum absolute atomic E-state index is 0.0381. The number of amides is 2. The highest BCUT2D eigenvalue weighted by atomic mass is 16.5. The molecule has 0 unspecified atom stereocenters. The van der Waals surface area contributed by atoms with E-state index in [1.807, 2.05) is 60.4 Å². The number of nitrogens with one attached hydrogen (secondary N) is 1. The van der Waals surface area contributed by atoms with Gasteiger partial charge in [0.2, 0.25) is 5.91 Å². The molecule has 27 heavy (non-hydrogen) atoms. The Balaban J connectivity index is 1.52. The number of nitrogens with zero attached hydrogens (tertiary/aromatic N) is 1. The lowest BCUT2D eigenvalue weighted by atomic mass is 9.99. The lowest BCUT2D eigenvalue weighted by Gasteiger charge is -2.25. The summed E-state index contributed by atoms with van der Waals surface area (Å²) in [4.78, 5) is 25.2. The monoisotopic (exact) mass is 364 g/mol. The number of rotatable bonds is 5. The Kier molecular flexibility index (Phi) is 5.91. The Morgan fingerprint density at radius 3 is 2.56 bits per heavy atom. The zero-order chi connectivity index (χ0) is 19.2. The maximum Gasteiger partial charge on any atom is 0.262 e. The Bertz CT molecular complexity index is 856. The van der Waals surface area contributed by atoms with Crippen molar-refractivity contribution in [3.8, 4) is 5.75 Å². The second kappa shape index (κ2) is 8.54. The quantitative estimate of drug-likeness (QED) is 0.881. The largest absolute Gasteiger partial charge is 0.484 e. The molecule has 2 amide bonds. The Morgan fingerprint density at radius 1 is 1.15 bits per heavy atom. The van der Waals surface area contributed by atoms with E-state index in [0.29, 0.717) is 12.3 Å². The van der Waals surface area contributed by atoms with E-state index >= 15 is 0 Å². The van der Waals surface area contributed by atoms with Crippen molar-refractivity contribution in [2.75, 3.05) is 25.0 Å². The van der Waals surface area contributed by atoms with Crippen LogP contribution in [0.1, 0.15) is 24.5 Å². The third kappa shape index (κ3) is 5.20. The number of aryl methyl sites for hydroxylation is 1. The summed E-state index contributed by atoms with van der Waals surface area (Å²) in [6.45, 7) is 4.94. The molecule has 5 nitrogen and oxygen atoms in total. The molecule has 0 aliphatic carbocycles. The number of carbonyl (C=O) groups excluding carboxylic acids is 2. The summed E-state index contributed by atoms with van der Waals surface area (Å²) in [5.41, 5.74) is 4.21. The van der Waals surface area contributed by atoms with Crippen LogP contribution in [0.5, 0.6) is 5.75 Å². The second-order valence-electron chi connectivity index (χ2n) is 6.68. The first kappa shape index (κ1) is 18.7. The van der Waals surface area contributed by atoms with Gasteiger partial charge in [0, 0.05) is 25.7 Å². The molecule has 0 radical (unpaired) electrons. The molecule has 0 bridgehead atoms. The SMILES string of the molecule is CC(=O)N1CC=C(c2ccc(OCC(=O)Nc3cccc(C)c3)cc2)CC1. The van der Waals surface area contributed by atoms with Crippen LogP contribution < -0.4 is 10.1 Å². The number of carbonyl (C=O) groups is 2. The Morgan fingerprint density at radius 2 is 1.93 bits per heavy atom. The van der Waals surface area contributed by atoms with Crippen LogP contribution in [0.3, 0.4) is 0 Å². The maximum atomic E-state index is 12.0. The van der Waals surface area contributed by atoms with Crippen molar-refractivity contribution < 1.29 is 14.3 Å². The number of benzene rings is 2. The van der Waals surface area contributed by atoms with Gasteiger partial charge in [-0.1, -0.05) is 30.3 Å². The van der Waals surface area contributed by atoms with Gasteiger partial charge in [-0.2, -0.15) is 0 Å². The fourth-order valence-corrected chi connectivity index (χ4v) is 3.05. The van der Waals surface area contributed by atoms with Gasteiger partial charge >= 0.3 is 0 Å². The summed E-state index contributed by atoms with van der Waals surface area (Å²) in [7, 11) is 0. The molecule has 0 atom stereocenters. The van der Waals surface area contributed by atoms with E-state index in [1.54, 1.807) is 6.92 Å². The molecule has 0 saturated carbocycles. The topological polar surface area (TPSA) is 58.6 Å². The van der Waals surface area contributed by atoms with Crippen molar-refractivity contribution >= 4 is 23.1 Å². The molecule has 1 aliphatic heterocycles. The summed E-state index contributed by atoms with van der Waals surface area (Å²) >= 11 is 0. The molecular weight excluding hydrogens is 340 g/mol. The van der Waals surface area contributed by atoms with Crippen LogP contribution in [0, 0.1) is 6.92 Å². The van der Waals surface area contributed by atoms with E-state index in [0.717, 1.165) is 29.8 Å². The van der Waals surface area contributed by atoms with Crippen molar-refractivity contribution in [3.63, 3.8) is 0 Å². The van der Waals surface area contributed by atoms with Gasteiger partial charge in [-0.3, -0.25) is 9.59 Å². The van der Waals surface area contributed by atoms with Gasteiger partial charge in [0.15, 0.2) is 6.61 Å². The lowest BCUT2D eigenvalue weighted by Crippen LogP contribution is -2.32. The summed E-state index contributed by atoms with van der Waals surface area (Å²) < 4.78 is 5.58. The summed E-state index contributed by atoms with van der Waals surface area (Å²) in [6.07, 6.45) is 2.94. The summed E-state index contributed by atoms with van der Waals surface area (Å²) in [6, 6.07) is 15.4. The predicted molar refractivity (Wildman–Crippen MR) is 107 cm³/mol. The van der Waals surface area contributed by atoms with Crippen molar-refractivity contribution in [2.24, 2.45) is 0 Å². The standard InChI is InChI=1S/C22H24N2O3/c1-16-4-3-5-20(14-16)23-22(26)15-27-21-8-6-18(7-9-21)19-10-12-24(13-11-19)17(2)25/h3-10,14H,11-13,15H2,1-2H3,(H,23,26). The van der Waals surface area contributed by atoms with Crippen molar-refractivity contribution in [1.29, 1.82) is 0 Å². The molecule has 5 heteroatoms. The highest BCUT2D eigenvalue weighted by Crippen LogP contribution is 2.24. The minimum Gasteiger partial charge on any atom is -0.484 e. The highest BCUT2D eigenvalue weighted by Gasteiger charge is 2.14. The van der Waals surface area contributed by atoms with E-state index in [1.165, 1.54) is 5.57 Å². The number of hydrogen-bond donors (Lipinski definition) is 1. The molecule has 3 rings (SSSR count). The average Bonchev–Trinajstić information content (AvgIpc) is 2.67. The van der Waals surface area contributed by atoms with Gasteiger partial charge in [-0.15, -0.1) is 0 Å². The molecule has 2 aromatic carbocycles. The highest BCUT2D eigenvalue weighted by molar-refractivity contribution is 5.91. The maximum absolute atomic E-state index is 12.0. The van der Waals surface area contributed by atoms with Gasteiger partial charge in [-0.25, -0.2) is 0 Å². The smallest absolute Gasteiger partial charge is 0.262 e. The molecule has 0 spiro atoms. The van der Waals surface area contributed by atoms with E-state index in [4.69, 9.17) is 4.74 Å². The van der Waals surface area contributed by atoms with E-state index in [2.05, 4.69) is 11.4 Å². The zero-order valence-corrected chi connectivity index (χ0v) is 15.7. The van der Waals surface area contributed by atoms with E-state index in [9.17, 15) is 9.59 Å². The fraction of sp³-hybridized carbons (Fsp3) is 0.273. The van der Waals surface area contributed by atoms with Gasteiger partial charge in [0.25, 0.3) is 5.91 Å². The van der Waals surface area contributed by atoms with Crippen molar-refractivity contribution in [3.05, 3.63) is 65.7 Å². The van der Waals surface area contributed by atoms with E-state index < -0.39 is 0 Å². The van der Waals surface area contributed by atoms with Crippen LogP contribution in [0.2, 0.25) is 0 Å². The van der Waals surface area contributed by atoms with Crippen LogP contribution in [-0.2, 0) is 9.59 Å². The molecule has 140 valence electrons. The fourth-order valence-electron chi connectivity index (χ4n) is 3.05. The molecule has 2 aromatic rings. The molecule has 0 saturated heterocycles. The third-order valence-corrected chi connectivity index (χ3v) is 4.55. The summed E-state index contributed by atoms with van der Waals surface area (Å²) in [5.74, 6) is 0.571. The first-order chi connectivity index (χ1) is 13.0. The average molecular weight is 364 g/mol. The molecule has 0 fully saturated rings.